The Hall–Kier alpha value is -1.50. The van der Waals surface area contributed by atoms with E-state index in [1.54, 1.807) is 20.7 Å². The number of rotatable bonds is 7. The highest BCUT2D eigenvalue weighted by Crippen LogP contribution is 2.26. The first kappa shape index (κ1) is 32.4. The van der Waals surface area contributed by atoms with Gasteiger partial charge in [0.1, 0.15) is 0 Å². The van der Waals surface area contributed by atoms with Gasteiger partial charge in [-0.3, -0.25) is 0 Å². The first-order chi connectivity index (χ1) is 19.6. The lowest BCUT2D eigenvalue weighted by Crippen LogP contribution is -2.48. The van der Waals surface area contributed by atoms with Crippen LogP contribution in [0.4, 0.5) is 5.69 Å². The minimum absolute atomic E-state index is 0.104. The lowest BCUT2D eigenvalue weighted by molar-refractivity contribution is 0.187. The molecule has 1 saturated carbocycles. The van der Waals surface area contributed by atoms with Gasteiger partial charge >= 0.3 is 0 Å². The Bertz CT molecular complexity index is 1190. The van der Waals surface area contributed by atoms with Crippen molar-refractivity contribution in [3.8, 4) is 0 Å². The van der Waals surface area contributed by atoms with E-state index in [2.05, 4.69) is 11.5 Å². The van der Waals surface area contributed by atoms with Crippen LogP contribution in [-0.4, -0.2) is 108 Å². The molecule has 3 aliphatic rings. The molecule has 232 valence electrons. The first-order valence-corrected chi connectivity index (χ1v) is 18.3. The van der Waals surface area contributed by atoms with Crippen LogP contribution < -0.4 is 4.90 Å². The fourth-order valence-electron chi connectivity index (χ4n) is 6.40. The number of sulfonamides is 1. The Labute approximate surface area is 249 Å². The molecule has 1 aromatic carbocycles. The highest BCUT2D eigenvalue weighted by Gasteiger charge is 2.33. The van der Waals surface area contributed by atoms with Crippen molar-refractivity contribution in [1.82, 2.24) is 17.8 Å². The quantitative estimate of drug-likeness (QED) is 0.435. The third kappa shape index (κ3) is 8.76. The van der Waals surface area contributed by atoms with E-state index in [1.165, 1.54) is 36.4 Å². The van der Waals surface area contributed by atoms with Crippen LogP contribution in [0.2, 0.25) is 0 Å². The maximum Gasteiger partial charge on any atom is 0.282 e. The van der Waals surface area contributed by atoms with Crippen LogP contribution >= 0.6 is 0 Å². The van der Waals surface area contributed by atoms with Crippen molar-refractivity contribution >= 4 is 25.9 Å². The average molecular weight is 610 g/mol. The number of hydrogen-bond donors (Lipinski definition) is 0. The van der Waals surface area contributed by atoms with Crippen molar-refractivity contribution in [3.63, 3.8) is 0 Å². The predicted octanol–water partition coefficient (Wildman–Crippen LogP) is 4.01. The topological polar surface area (TPSA) is 84.5 Å². The van der Waals surface area contributed by atoms with E-state index in [0.29, 0.717) is 37.7 Å². The molecule has 11 heteroatoms. The molecule has 9 nitrogen and oxygen atoms in total. The Morgan fingerprint density at radius 1 is 0.707 bits per heavy atom. The van der Waals surface area contributed by atoms with Crippen molar-refractivity contribution in [2.75, 3.05) is 77.9 Å². The van der Waals surface area contributed by atoms with Gasteiger partial charge in [0.05, 0.1) is 4.90 Å². The van der Waals surface area contributed by atoms with Crippen LogP contribution in [-0.2, 0) is 20.2 Å². The SMILES string of the molecule is C=C1CN(S(=O)(=O)c2ccc(N(C)C)cc2)CCCN(CC2CCCCC2)CCCN(S(=O)(=O)N2CCCCC2)C1. The van der Waals surface area contributed by atoms with Gasteiger partial charge in [0.2, 0.25) is 10.0 Å². The normalized spacial score (nSPS) is 23.1. The zero-order valence-electron chi connectivity index (χ0n) is 25.2. The Morgan fingerprint density at radius 2 is 1.24 bits per heavy atom. The summed E-state index contributed by atoms with van der Waals surface area (Å²) in [5.41, 5.74) is 1.53. The summed E-state index contributed by atoms with van der Waals surface area (Å²) < 4.78 is 59.9. The van der Waals surface area contributed by atoms with E-state index in [9.17, 15) is 16.8 Å². The fraction of sp³-hybridized carbons (Fsp3) is 0.733. The number of benzene rings is 1. The van der Waals surface area contributed by atoms with Gasteiger partial charge in [-0.1, -0.05) is 32.3 Å². The molecule has 0 unspecified atom stereocenters. The lowest BCUT2D eigenvalue weighted by Gasteiger charge is -2.35. The molecule has 0 radical (unpaired) electrons. The molecule has 0 spiro atoms. The van der Waals surface area contributed by atoms with Crippen molar-refractivity contribution in [2.45, 2.75) is 69.1 Å². The lowest BCUT2D eigenvalue weighted by atomic mass is 9.89. The summed E-state index contributed by atoms with van der Waals surface area (Å²) in [5.74, 6) is 0.666. The van der Waals surface area contributed by atoms with Gasteiger partial charge in [-0.2, -0.15) is 21.3 Å². The van der Waals surface area contributed by atoms with Crippen molar-refractivity contribution in [2.24, 2.45) is 5.92 Å². The molecule has 0 atom stereocenters. The Kier molecular flexibility index (Phi) is 11.7. The molecule has 0 bridgehead atoms. The van der Waals surface area contributed by atoms with Crippen molar-refractivity contribution < 1.29 is 16.8 Å². The molecule has 1 aromatic rings. The van der Waals surface area contributed by atoms with E-state index in [-0.39, 0.29) is 18.0 Å². The average Bonchev–Trinajstić information content (AvgIpc) is 2.96. The molecular weight excluding hydrogens is 558 g/mol. The van der Waals surface area contributed by atoms with Crippen molar-refractivity contribution in [1.29, 1.82) is 0 Å². The molecular formula is C30H51N5O4S2. The van der Waals surface area contributed by atoms with Gasteiger partial charge in [0, 0.05) is 65.6 Å². The highest BCUT2D eigenvalue weighted by atomic mass is 32.2. The minimum Gasteiger partial charge on any atom is -0.378 e. The van der Waals surface area contributed by atoms with E-state index < -0.39 is 20.2 Å². The highest BCUT2D eigenvalue weighted by molar-refractivity contribution is 7.89. The summed E-state index contributed by atoms with van der Waals surface area (Å²) >= 11 is 0. The third-order valence-electron chi connectivity index (χ3n) is 8.76. The number of hydrogen-bond acceptors (Lipinski definition) is 6. The molecule has 1 aliphatic carbocycles. The van der Waals surface area contributed by atoms with Crippen LogP contribution in [0, 0.1) is 5.92 Å². The molecule has 2 heterocycles. The van der Waals surface area contributed by atoms with Gasteiger partial charge in [0.25, 0.3) is 10.2 Å². The van der Waals surface area contributed by atoms with Gasteiger partial charge in [-0.25, -0.2) is 8.42 Å². The van der Waals surface area contributed by atoms with Crippen LogP contribution in [0.3, 0.4) is 0 Å². The van der Waals surface area contributed by atoms with E-state index in [1.807, 2.05) is 31.1 Å². The summed E-state index contributed by atoms with van der Waals surface area (Å²) in [6.45, 7) is 8.92. The van der Waals surface area contributed by atoms with Gasteiger partial charge in [-0.15, -0.1) is 0 Å². The van der Waals surface area contributed by atoms with E-state index in [0.717, 1.165) is 57.4 Å². The first-order valence-electron chi connectivity index (χ1n) is 15.5. The molecule has 2 saturated heterocycles. The van der Waals surface area contributed by atoms with Gasteiger partial charge in [0.15, 0.2) is 0 Å². The summed E-state index contributed by atoms with van der Waals surface area (Å²) in [5, 5.41) is 0. The standard InChI is InChI=1S/C30H51N5O4S2/c1-27-24-34(40(36,37)30-16-14-29(15-17-30)31(2)3)22-10-18-32(26-28-12-6-4-7-13-28)19-11-23-35(25-27)41(38,39)33-20-8-5-9-21-33/h14-17,28H,1,4-13,18-26H2,2-3H3. The van der Waals surface area contributed by atoms with E-state index in [4.69, 9.17) is 0 Å². The summed E-state index contributed by atoms with van der Waals surface area (Å²) in [7, 11) is -3.60. The second-order valence-electron chi connectivity index (χ2n) is 12.3. The molecule has 41 heavy (non-hydrogen) atoms. The summed E-state index contributed by atoms with van der Waals surface area (Å²) in [6, 6.07) is 6.95. The van der Waals surface area contributed by atoms with Crippen molar-refractivity contribution in [3.05, 3.63) is 36.4 Å². The predicted molar refractivity (Wildman–Crippen MR) is 167 cm³/mol. The fourth-order valence-corrected chi connectivity index (χ4v) is 9.66. The largest absolute Gasteiger partial charge is 0.378 e. The monoisotopic (exact) mass is 609 g/mol. The molecule has 0 N–H and O–H groups in total. The van der Waals surface area contributed by atoms with Crippen LogP contribution in [0.15, 0.2) is 41.3 Å². The number of anilines is 1. The zero-order valence-corrected chi connectivity index (χ0v) is 26.8. The maximum atomic E-state index is 13.9. The molecule has 4 rings (SSSR count). The zero-order chi connectivity index (χ0) is 29.5. The van der Waals surface area contributed by atoms with Crippen LogP contribution in [0.25, 0.3) is 0 Å². The van der Waals surface area contributed by atoms with Crippen LogP contribution in [0.1, 0.15) is 64.2 Å². The number of nitrogens with zero attached hydrogens (tertiary/aromatic N) is 5. The second kappa shape index (κ2) is 14.8. The summed E-state index contributed by atoms with van der Waals surface area (Å²) in [6.07, 6.45) is 10.7. The molecule has 0 amide bonds. The molecule has 0 aromatic heterocycles. The maximum absolute atomic E-state index is 13.9. The second-order valence-corrected chi connectivity index (χ2v) is 16.2. The Balaban J connectivity index is 1.57. The molecule has 2 aliphatic heterocycles. The minimum atomic E-state index is -3.79. The third-order valence-corrected chi connectivity index (χ3v) is 12.6. The van der Waals surface area contributed by atoms with Gasteiger partial charge < -0.3 is 9.80 Å². The summed E-state index contributed by atoms with van der Waals surface area (Å²) in [4.78, 5) is 4.64. The Morgan fingerprint density at radius 3 is 1.85 bits per heavy atom. The number of piperidine rings is 1. The van der Waals surface area contributed by atoms with Gasteiger partial charge in [-0.05, 0) is 87.4 Å². The van der Waals surface area contributed by atoms with Crippen LogP contribution in [0.5, 0.6) is 0 Å². The smallest absolute Gasteiger partial charge is 0.282 e. The molecule has 3 fully saturated rings. The van der Waals surface area contributed by atoms with E-state index >= 15 is 0 Å².